The Morgan fingerprint density at radius 1 is 1.25 bits per heavy atom. The normalized spacial score (nSPS) is 31.0. The molecular weight excluding hydrogens is 356 g/mol. The van der Waals surface area contributed by atoms with Gasteiger partial charge >= 0.3 is 0 Å². The predicted molar refractivity (Wildman–Crippen MR) is 105 cm³/mol. The topological polar surface area (TPSA) is 89.5 Å². The van der Waals surface area contributed by atoms with Crippen molar-refractivity contribution in [3.05, 3.63) is 17.5 Å². The molecule has 2 aliphatic heterocycles. The maximum Gasteiger partial charge on any atom is 0.275 e. The van der Waals surface area contributed by atoms with E-state index in [2.05, 4.69) is 17.1 Å². The fourth-order valence-electron chi connectivity index (χ4n) is 5.40. The van der Waals surface area contributed by atoms with Gasteiger partial charge in [-0.1, -0.05) is 13.3 Å². The van der Waals surface area contributed by atoms with Crippen molar-refractivity contribution in [1.29, 1.82) is 0 Å². The monoisotopic (exact) mass is 388 g/mol. The Morgan fingerprint density at radius 3 is 2.68 bits per heavy atom. The number of hydrogen-bond donors (Lipinski definition) is 2. The number of aliphatic hydroxyl groups is 1. The highest BCUT2D eigenvalue weighted by molar-refractivity contribution is 5.99. The first-order chi connectivity index (χ1) is 13.5. The van der Waals surface area contributed by atoms with Crippen molar-refractivity contribution in [1.82, 2.24) is 20.0 Å². The van der Waals surface area contributed by atoms with Crippen LogP contribution in [0.2, 0.25) is 0 Å². The molecule has 3 fully saturated rings. The molecule has 28 heavy (non-hydrogen) atoms. The number of aromatic amines is 1. The summed E-state index contributed by atoms with van der Waals surface area (Å²) < 4.78 is 0. The first-order valence-electron chi connectivity index (χ1n) is 10.9. The molecule has 2 N–H and O–H groups in total. The Kier molecular flexibility index (Phi) is 5.45. The molecule has 1 aromatic heterocycles. The molecule has 0 radical (unpaired) electrons. The van der Waals surface area contributed by atoms with Crippen molar-refractivity contribution in [3.8, 4) is 0 Å². The summed E-state index contributed by atoms with van der Waals surface area (Å²) in [4.78, 5) is 30.7. The smallest absolute Gasteiger partial charge is 0.275 e. The Hall–Kier alpha value is -1.89. The predicted octanol–water partition coefficient (Wildman–Crippen LogP) is 2.26. The van der Waals surface area contributed by atoms with Gasteiger partial charge in [0.05, 0.1) is 6.10 Å². The Labute approximate surface area is 166 Å². The number of aryl methyl sites for hydroxylation is 1. The minimum Gasteiger partial charge on any atom is -0.393 e. The molecular formula is C21H32N4O3. The molecule has 7 nitrogen and oxygen atoms in total. The molecule has 0 aromatic carbocycles. The van der Waals surface area contributed by atoms with Gasteiger partial charge in [0, 0.05) is 24.8 Å². The van der Waals surface area contributed by atoms with Crippen LogP contribution in [0.3, 0.4) is 0 Å². The van der Waals surface area contributed by atoms with Crippen LogP contribution in [0.5, 0.6) is 0 Å². The van der Waals surface area contributed by atoms with Crippen LogP contribution in [0.15, 0.2) is 6.07 Å². The van der Waals surface area contributed by atoms with Gasteiger partial charge in [0.1, 0.15) is 11.2 Å². The lowest BCUT2D eigenvalue weighted by atomic mass is 9.82. The molecule has 0 bridgehead atoms. The van der Waals surface area contributed by atoms with Crippen molar-refractivity contribution in [2.45, 2.75) is 88.8 Å². The van der Waals surface area contributed by atoms with Crippen molar-refractivity contribution in [2.24, 2.45) is 0 Å². The summed E-state index contributed by atoms with van der Waals surface area (Å²) >= 11 is 0. The molecule has 7 heteroatoms. The number of likely N-dealkylation sites (tertiary alicyclic amines) is 2. The number of hydrogen-bond acceptors (Lipinski definition) is 4. The number of aliphatic hydroxyl groups excluding tert-OH is 1. The third kappa shape index (κ3) is 3.34. The van der Waals surface area contributed by atoms with E-state index in [0.29, 0.717) is 12.2 Å². The highest BCUT2D eigenvalue weighted by Gasteiger charge is 2.54. The quantitative estimate of drug-likeness (QED) is 0.828. The van der Waals surface area contributed by atoms with Gasteiger partial charge in [0.15, 0.2) is 0 Å². The van der Waals surface area contributed by atoms with Crippen molar-refractivity contribution in [3.63, 3.8) is 0 Å². The number of rotatable bonds is 4. The number of aromatic nitrogens is 2. The molecule has 3 heterocycles. The van der Waals surface area contributed by atoms with Crippen LogP contribution >= 0.6 is 0 Å². The molecule has 2 amide bonds. The summed E-state index contributed by atoms with van der Waals surface area (Å²) in [6, 6.07) is 2.04. The van der Waals surface area contributed by atoms with Gasteiger partial charge in [-0.25, -0.2) is 0 Å². The highest BCUT2D eigenvalue weighted by atomic mass is 16.3. The van der Waals surface area contributed by atoms with Gasteiger partial charge in [-0.3, -0.25) is 14.7 Å². The molecule has 1 aromatic rings. The van der Waals surface area contributed by atoms with Crippen LogP contribution in [-0.2, 0) is 11.2 Å². The van der Waals surface area contributed by atoms with Gasteiger partial charge in [0.2, 0.25) is 5.91 Å². The largest absolute Gasteiger partial charge is 0.393 e. The second kappa shape index (κ2) is 7.85. The summed E-state index contributed by atoms with van der Waals surface area (Å²) in [5, 5.41) is 17.0. The van der Waals surface area contributed by atoms with E-state index in [1.165, 1.54) is 0 Å². The van der Waals surface area contributed by atoms with Crippen molar-refractivity contribution < 1.29 is 14.7 Å². The van der Waals surface area contributed by atoms with Gasteiger partial charge in [-0.05, 0) is 63.9 Å². The molecule has 154 valence electrons. The summed E-state index contributed by atoms with van der Waals surface area (Å²) in [6.45, 7) is 3.49. The Morgan fingerprint density at radius 2 is 1.96 bits per heavy atom. The van der Waals surface area contributed by atoms with E-state index in [1.54, 1.807) is 0 Å². The lowest BCUT2D eigenvalue weighted by Gasteiger charge is -2.48. The molecule has 4 rings (SSSR count). The molecule has 1 saturated carbocycles. The van der Waals surface area contributed by atoms with Crippen LogP contribution in [0.25, 0.3) is 0 Å². The maximum absolute atomic E-state index is 13.6. The van der Waals surface area contributed by atoms with E-state index in [1.807, 2.05) is 15.9 Å². The first kappa shape index (κ1) is 19.4. The zero-order valence-electron chi connectivity index (χ0n) is 16.8. The van der Waals surface area contributed by atoms with E-state index in [4.69, 9.17) is 0 Å². The van der Waals surface area contributed by atoms with Crippen LogP contribution < -0.4 is 0 Å². The number of carbonyl (C=O) groups is 2. The number of piperidine rings is 1. The maximum atomic E-state index is 13.6. The lowest BCUT2D eigenvalue weighted by Crippen LogP contribution is -2.63. The van der Waals surface area contributed by atoms with E-state index >= 15 is 0 Å². The number of amides is 2. The molecule has 1 atom stereocenters. The SMILES string of the molecule is CCCc1cc(C(=O)N2CCCC23CCCN(C2CCC(O)CC2)C3=O)n[nH]1. The average molecular weight is 389 g/mol. The molecule has 1 unspecified atom stereocenters. The standard InChI is InChI=1S/C21H32N4O3/c1-2-5-15-14-18(23-22-15)19(27)25-13-4-11-21(25)10-3-12-24(20(21)28)16-6-8-17(26)9-7-16/h14,16-17,26H,2-13H2,1H3,(H,22,23). The van der Waals surface area contributed by atoms with Gasteiger partial charge in [0.25, 0.3) is 5.91 Å². The molecule has 2 saturated heterocycles. The first-order valence-corrected chi connectivity index (χ1v) is 10.9. The lowest BCUT2D eigenvalue weighted by molar-refractivity contribution is -0.149. The Bertz CT molecular complexity index is 725. The van der Waals surface area contributed by atoms with E-state index in [-0.39, 0.29) is 24.0 Å². The number of nitrogens with one attached hydrogen (secondary N) is 1. The van der Waals surface area contributed by atoms with Gasteiger partial charge < -0.3 is 14.9 Å². The minimum absolute atomic E-state index is 0.120. The van der Waals surface area contributed by atoms with Crippen LogP contribution in [-0.4, -0.2) is 67.7 Å². The molecule has 3 aliphatic rings. The van der Waals surface area contributed by atoms with Crippen molar-refractivity contribution in [2.75, 3.05) is 13.1 Å². The van der Waals surface area contributed by atoms with Crippen molar-refractivity contribution >= 4 is 11.8 Å². The van der Waals surface area contributed by atoms with E-state index in [9.17, 15) is 14.7 Å². The molecule has 1 spiro atoms. The zero-order valence-corrected chi connectivity index (χ0v) is 16.8. The highest BCUT2D eigenvalue weighted by Crippen LogP contribution is 2.41. The summed E-state index contributed by atoms with van der Waals surface area (Å²) in [6.07, 6.45) is 8.15. The third-order valence-corrected chi connectivity index (χ3v) is 6.86. The zero-order chi connectivity index (χ0) is 19.7. The van der Waals surface area contributed by atoms with E-state index < -0.39 is 5.54 Å². The second-order valence-electron chi connectivity index (χ2n) is 8.68. The minimum atomic E-state index is -0.699. The van der Waals surface area contributed by atoms with Crippen LogP contribution in [0.1, 0.15) is 80.9 Å². The summed E-state index contributed by atoms with van der Waals surface area (Å²) in [5.74, 6) is 0.000626. The van der Waals surface area contributed by atoms with Gasteiger partial charge in [-0.2, -0.15) is 5.10 Å². The Balaban J connectivity index is 1.54. The van der Waals surface area contributed by atoms with Crippen LogP contribution in [0, 0.1) is 0 Å². The number of nitrogens with zero attached hydrogens (tertiary/aromatic N) is 3. The molecule has 1 aliphatic carbocycles. The fourth-order valence-corrected chi connectivity index (χ4v) is 5.40. The van der Waals surface area contributed by atoms with Gasteiger partial charge in [-0.15, -0.1) is 0 Å². The number of carbonyl (C=O) groups excluding carboxylic acids is 2. The fraction of sp³-hybridized carbons (Fsp3) is 0.762. The van der Waals surface area contributed by atoms with Crippen LogP contribution in [0.4, 0.5) is 0 Å². The summed E-state index contributed by atoms with van der Waals surface area (Å²) in [5.41, 5.74) is 0.696. The third-order valence-electron chi connectivity index (χ3n) is 6.86. The van der Waals surface area contributed by atoms with E-state index in [0.717, 1.165) is 76.4 Å². The average Bonchev–Trinajstić information content (AvgIpc) is 3.33. The summed E-state index contributed by atoms with van der Waals surface area (Å²) in [7, 11) is 0. The second-order valence-corrected chi connectivity index (χ2v) is 8.68. The number of H-pyrrole nitrogens is 1.